The predicted octanol–water partition coefficient (Wildman–Crippen LogP) is 2.62. The van der Waals surface area contributed by atoms with Gasteiger partial charge in [-0.25, -0.2) is 4.68 Å². The van der Waals surface area contributed by atoms with Crippen LogP contribution in [-0.2, 0) is 31.0 Å². The van der Waals surface area contributed by atoms with E-state index < -0.39 is 4.92 Å². The summed E-state index contributed by atoms with van der Waals surface area (Å²) in [5.74, 6) is 0. The van der Waals surface area contributed by atoms with Crippen LogP contribution in [0.3, 0.4) is 0 Å². The van der Waals surface area contributed by atoms with Crippen molar-refractivity contribution in [2.75, 3.05) is 6.61 Å². The molecular formula is C22H26N8O4. The summed E-state index contributed by atoms with van der Waals surface area (Å²) in [6, 6.07) is 12.0. The zero-order valence-corrected chi connectivity index (χ0v) is 18.4. The Hall–Kier alpha value is -4.03. The van der Waals surface area contributed by atoms with E-state index in [1.165, 1.54) is 12.1 Å². The second-order valence-corrected chi connectivity index (χ2v) is 7.62. The Bertz CT molecular complexity index is 1230. The SMILES string of the molecule is O=[N+]([O-])c1ccc(-c2cn(Cc3cccc(COCCCCn4cc(CO)nn4)n3)nn2)cc1.[3H][3H]. The quantitative estimate of drug-likeness (QED) is 0.187. The Morgan fingerprint density at radius 2 is 1.79 bits per heavy atom. The normalized spacial score (nSPS) is 11.3. The standard InChI is InChI=1S/C22H24N8O4.H2/c31-15-20-13-28(26-24-20)10-1-2-11-34-16-19-5-3-4-18(23-19)12-29-14-22(25-27-29)17-6-8-21(9-7-17)30(32)33;/h3-9,13-14,31H,1-2,10-12,15-16H2;1H/i;1+2T. The third kappa shape index (κ3) is 6.27. The van der Waals surface area contributed by atoms with E-state index in [1.807, 2.05) is 18.2 Å². The number of aromatic nitrogens is 7. The van der Waals surface area contributed by atoms with Crippen molar-refractivity contribution in [3.8, 4) is 11.3 Å². The van der Waals surface area contributed by atoms with Crippen molar-refractivity contribution in [1.82, 2.24) is 35.0 Å². The maximum Gasteiger partial charge on any atom is 0.269 e. The number of nitro benzene ring substituents is 1. The average molecular weight is 471 g/mol. The highest BCUT2D eigenvalue weighted by Crippen LogP contribution is 2.20. The van der Waals surface area contributed by atoms with Gasteiger partial charge in [-0.3, -0.25) is 19.8 Å². The van der Waals surface area contributed by atoms with E-state index in [1.54, 1.807) is 33.9 Å². The molecule has 34 heavy (non-hydrogen) atoms. The molecule has 3 heterocycles. The summed E-state index contributed by atoms with van der Waals surface area (Å²) in [5.41, 5.74) is 3.64. The van der Waals surface area contributed by atoms with Crippen LogP contribution in [0.2, 0.25) is 0 Å². The minimum absolute atomic E-state index is 0.0335. The summed E-state index contributed by atoms with van der Waals surface area (Å²) >= 11 is 0. The number of non-ortho nitro benzene ring substituents is 1. The lowest BCUT2D eigenvalue weighted by Crippen LogP contribution is -2.06. The van der Waals surface area contributed by atoms with Crippen molar-refractivity contribution in [2.45, 2.75) is 39.1 Å². The van der Waals surface area contributed by atoms with Crippen LogP contribution < -0.4 is 0 Å². The lowest BCUT2D eigenvalue weighted by molar-refractivity contribution is -0.384. The number of pyridine rings is 1. The van der Waals surface area contributed by atoms with Crippen LogP contribution in [0, 0.1) is 10.1 Å². The monoisotopic (exact) mass is 470 g/mol. The van der Waals surface area contributed by atoms with E-state index in [2.05, 4.69) is 25.6 Å². The van der Waals surface area contributed by atoms with E-state index in [0.29, 0.717) is 31.1 Å². The molecule has 0 unspecified atom stereocenters. The van der Waals surface area contributed by atoms with E-state index in [9.17, 15) is 10.1 Å². The lowest BCUT2D eigenvalue weighted by atomic mass is 10.1. The second-order valence-electron chi connectivity index (χ2n) is 7.62. The third-order valence-corrected chi connectivity index (χ3v) is 5.02. The zero-order chi connectivity index (χ0) is 25.8. The summed E-state index contributed by atoms with van der Waals surface area (Å²) in [7, 11) is 0. The summed E-state index contributed by atoms with van der Waals surface area (Å²) < 4.78 is 19.1. The first-order valence-electron chi connectivity index (χ1n) is 11.8. The molecule has 0 saturated heterocycles. The number of nitrogens with zero attached hydrogens (tertiary/aromatic N) is 8. The first-order chi connectivity index (χ1) is 17.6. The Morgan fingerprint density at radius 1 is 1.00 bits per heavy atom. The van der Waals surface area contributed by atoms with Crippen molar-refractivity contribution in [2.24, 2.45) is 0 Å². The molecule has 0 aliphatic heterocycles. The van der Waals surface area contributed by atoms with Crippen molar-refractivity contribution in [3.63, 3.8) is 0 Å². The van der Waals surface area contributed by atoms with E-state index in [4.69, 9.17) is 12.8 Å². The summed E-state index contributed by atoms with van der Waals surface area (Å²) in [6.45, 7) is 2.09. The minimum atomic E-state index is -0.434. The fraction of sp³-hybridized carbons (Fsp3) is 0.318. The molecule has 0 aliphatic carbocycles. The average Bonchev–Trinajstić information content (AvgIpc) is 3.57. The maximum atomic E-state index is 10.8. The molecule has 12 nitrogen and oxygen atoms in total. The Kier molecular flexibility index (Phi) is 7.18. The Labute approximate surface area is 198 Å². The van der Waals surface area contributed by atoms with Gasteiger partial charge in [0.1, 0.15) is 11.4 Å². The maximum absolute atomic E-state index is 10.8. The molecular weight excluding hydrogens is 440 g/mol. The molecule has 0 bridgehead atoms. The molecule has 0 atom stereocenters. The van der Waals surface area contributed by atoms with Crippen LogP contribution in [0.1, 0.15) is 32.9 Å². The van der Waals surface area contributed by atoms with Crippen molar-refractivity contribution in [1.29, 1.82) is 0 Å². The third-order valence-electron chi connectivity index (χ3n) is 5.02. The van der Waals surface area contributed by atoms with Gasteiger partial charge in [-0.2, -0.15) is 0 Å². The predicted molar refractivity (Wildman–Crippen MR) is 122 cm³/mol. The molecule has 0 fully saturated rings. The lowest BCUT2D eigenvalue weighted by Gasteiger charge is -2.06. The van der Waals surface area contributed by atoms with Gasteiger partial charge in [0.05, 0.1) is 48.5 Å². The van der Waals surface area contributed by atoms with E-state index in [-0.39, 0.29) is 12.3 Å². The van der Waals surface area contributed by atoms with Gasteiger partial charge in [0.2, 0.25) is 0 Å². The number of benzene rings is 1. The largest absolute Gasteiger partial charge is 0.390 e. The number of aliphatic hydroxyl groups excluding tert-OH is 1. The number of aliphatic hydroxyl groups is 1. The Balaban J connectivity index is 0.00000176. The van der Waals surface area contributed by atoms with Crippen LogP contribution in [0.4, 0.5) is 5.69 Å². The Morgan fingerprint density at radius 3 is 2.56 bits per heavy atom. The van der Waals surface area contributed by atoms with Gasteiger partial charge in [0.25, 0.3) is 5.69 Å². The number of aryl methyl sites for hydroxylation is 1. The van der Waals surface area contributed by atoms with Gasteiger partial charge in [-0.15, -0.1) is 10.2 Å². The molecule has 12 heteroatoms. The molecule has 4 aromatic rings. The second kappa shape index (κ2) is 11.2. The first-order valence-corrected chi connectivity index (χ1v) is 10.8. The zero-order valence-electron chi connectivity index (χ0n) is 20.4. The molecule has 3 aromatic heterocycles. The number of rotatable bonds is 12. The van der Waals surface area contributed by atoms with Crippen LogP contribution in [-0.4, -0.2) is 51.6 Å². The summed E-state index contributed by atoms with van der Waals surface area (Å²) in [5, 5.41) is 35.9. The number of hydrogen-bond acceptors (Lipinski definition) is 9. The van der Waals surface area contributed by atoms with E-state index in [0.717, 1.165) is 36.3 Å². The van der Waals surface area contributed by atoms with Crippen LogP contribution in [0.5, 0.6) is 0 Å². The number of nitro groups is 1. The van der Waals surface area contributed by atoms with Gasteiger partial charge in [-0.05, 0) is 37.1 Å². The van der Waals surface area contributed by atoms with Gasteiger partial charge < -0.3 is 9.84 Å². The van der Waals surface area contributed by atoms with Crippen molar-refractivity contribution < 1.29 is 17.7 Å². The van der Waals surface area contributed by atoms with Crippen LogP contribution in [0.25, 0.3) is 11.3 Å². The molecule has 178 valence electrons. The van der Waals surface area contributed by atoms with Gasteiger partial charge in [0.15, 0.2) is 0 Å². The fourth-order valence-corrected chi connectivity index (χ4v) is 3.30. The molecule has 0 spiro atoms. The van der Waals surface area contributed by atoms with Crippen LogP contribution >= 0.6 is 0 Å². The summed E-state index contributed by atoms with van der Waals surface area (Å²) in [6.07, 6.45) is 5.29. The molecule has 0 aliphatic rings. The topological polar surface area (TPSA) is 147 Å². The fourth-order valence-electron chi connectivity index (χ4n) is 3.30. The molecule has 4 rings (SSSR count). The van der Waals surface area contributed by atoms with Gasteiger partial charge in [0, 0.05) is 33.8 Å². The minimum Gasteiger partial charge on any atom is -0.390 e. The van der Waals surface area contributed by atoms with Crippen LogP contribution in [0.15, 0.2) is 54.9 Å². The van der Waals surface area contributed by atoms with E-state index >= 15 is 0 Å². The molecule has 0 amide bonds. The highest BCUT2D eigenvalue weighted by molar-refractivity contribution is 5.59. The highest BCUT2D eigenvalue weighted by Gasteiger charge is 2.09. The van der Waals surface area contributed by atoms with Crippen molar-refractivity contribution in [3.05, 3.63) is 82.1 Å². The number of ether oxygens (including phenoxy) is 1. The number of hydrogen-bond donors (Lipinski definition) is 1. The van der Waals surface area contributed by atoms with Gasteiger partial charge >= 0.3 is 0 Å². The number of unbranched alkanes of at least 4 members (excludes halogenated alkanes) is 1. The first kappa shape index (κ1) is 21.8. The molecule has 0 radical (unpaired) electrons. The highest BCUT2D eigenvalue weighted by atomic mass is 16.6. The molecule has 0 saturated carbocycles. The van der Waals surface area contributed by atoms with Gasteiger partial charge in [-0.1, -0.05) is 16.5 Å². The van der Waals surface area contributed by atoms with Crippen molar-refractivity contribution >= 4 is 5.69 Å². The molecule has 1 aromatic carbocycles. The molecule has 1 N–H and O–H groups in total. The smallest absolute Gasteiger partial charge is 0.269 e. The summed E-state index contributed by atoms with van der Waals surface area (Å²) in [4.78, 5) is 15.0.